The Bertz CT molecular complexity index is 692. The van der Waals surface area contributed by atoms with E-state index >= 15 is 0 Å². The number of rotatable bonds is 5. The van der Waals surface area contributed by atoms with Gasteiger partial charge in [-0.3, -0.25) is 4.79 Å². The Morgan fingerprint density at radius 1 is 1.57 bits per heavy atom. The van der Waals surface area contributed by atoms with Crippen LogP contribution in [0.5, 0.6) is 0 Å². The molecule has 3 heterocycles. The first-order valence-corrected chi connectivity index (χ1v) is 8.29. The molecule has 0 aliphatic carbocycles. The van der Waals surface area contributed by atoms with Crippen LogP contribution in [-0.2, 0) is 16.0 Å². The van der Waals surface area contributed by atoms with Gasteiger partial charge < -0.3 is 14.2 Å². The van der Waals surface area contributed by atoms with Crippen LogP contribution in [0, 0.1) is 11.3 Å². The van der Waals surface area contributed by atoms with Gasteiger partial charge in [0.15, 0.2) is 0 Å². The van der Waals surface area contributed by atoms with Crippen LogP contribution in [0.25, 0.3) is 10.7 Å². The summed E-state index contributed by atoms with van der Waals surface area (Å²) in [7, 11) is 0. The molecule has 1 saturated heterocycles. The van der Waals surface area contributed by atoms with Crippen molar-refractivity contribution in [3.8, 4) is 16.8 Å². The molecule has 120 valence electrons. The zero-order valence-corrected chi connectivity index (χ0v) is 13.3. The van der Waals surface area contributed by atoms with E-state index in [0.717, 1.165) is 4.88 Å². The van der Waals surface area contributed by atoms with Gasteiger partial charge in [0.2, 0.25) is 17.6 Å². The Morgan fingerprint density at radius 2 is 2.48 bits per heavy atom. The Kier molecular flexibility index (Phi) is 5.00. The second-order valence-corrected chi connectivity index (χ2v) is 6.10. The van der Waals surface area contributed by atoms with E-state index < -0.39 is 6.04 Å². The number of nitrogens with zero attached hydrogens (tertiary/aromatic N) is 4. The van der Waals surface area contributed by atoms with Gasteiger partial charge in [0.05, 0.1) is 24.2 Å². The highest BCUT2D eigenvalue weighted by molar-refractivity contribution is 7.13. The van der Waals surface area contributed by atoms with E-state index in [0.29, 0.717) is 44.1 Å². The summed E-state index contributed by atoms with van der Waals surface area (Å²) in [5, 5.41) is 14.9. The van der Waals surface area contributed by atoms with Gasteiger partial charge in [0.25, 0.3) is 0 Å². The van der Waals surface area contributed by atoms with Crippen LogP contribution in [-0.4, -0.2) is 46.7 Å². The van der Waals surface area contributed by atoms with Crippen molar-refractivity contribution >= 4 is 17.2 Å². The van der Waals surface area contributed by atoms with Gasteiger partial charge in [-0.15, -0.1) is 11.3 Å². The number of nitriles is 1. The minimum atomic E-state index is -0.481. The first kappa shape index (κ1) is 15.6. The molecule has 1 aliphatic heterocycles. The van der Waals surface area contributed by atoms with Crippen molar-refractivity contribution in [3.63, 3.8) is 0 Å². The predicted octanol–water partition coefficient (Wildman–Crippen LogP) is 1.87. The number of carbonyl (C=O) groups is 1. The first-order valence-electron chi connectivity index (χ1n) is 7.41. The molecule has 1 amide bonds. The number of carbonyl (C=O) groups excluding carboxylic acids is 1. The lowest BCUT2D eigenvalue weighted by molar-refractivity contribution is -0.137. The SMILES string of the molecule is N#C[C@H]1COCCN1C(=O)CCCc1nc(-c2cccs2)no1. The predicted molar refractivity (Wildman–Crippen MR) is 82.5 cm³/mol. The molecule has 2 aromatic heterocycles. The fraction of sp³-hybridized carbons (Fsp3) is 0.467. The maximum atomic E-state index is 12.2. The molecule has 0 spiro atoms. The van der Waals surface area contributed by atoms with Crippen LogP contribution in [0.3, 0.4) is 0 Å². The van der Waals surface area contributed by atoms with Gasteiger partial charge in [0.1, 0.15) is 6.04 Å². The molecule has 1 fully saturated rings. The number of aryl methyl sites for hydroxylation is 1. The van der Waals surface area contributed by atoms with Crippen molar-refractivity contribution in [1.82, 2.24) is 15.0 Å². The zero-order valence-electron chi connectivity index (χ0n) is 12.5. The highest BCUT2D eigenvalue weighted by atomic mass is 32.1. The van der Waals surface area contributed by atoms with Crippen LogP contribution < -0.4 is 0 Å². The van der Waals surface area contributed by atoms with E-state index in [9.17, 15) is 4.79 Å². The third-order valence-electron chi connectivity index (χ3n) is 3.59. The lowest BCUT2D eigenvalue weighted by Gasteiger charge is -2.31. The molecule has 7 nitrogen and oxygen atoms in total. The van der Waals surface area contributed by atoms with Gasteiger partial charge in [-0.1, -0.05) is 11.2 Å². The van der Waals surface area contributed by atoms with Crippen molar-refractivity contribution in [1.29, 1.82) is 5.26 Å². The third kappa shape index (κ3) is 3.75. The van der Waals surface area contributed by atoms with E-state index in [2.05, 4.69) is 16.2 Å². The molecular weight excluding hydrogens is 316 g/mol. The summed E-state index contributed by atoms with van der Waals surface area (Å²) in [6.45, 7) is 1.24. The van der Waals surface area contributed by atoms with E-state index in [4.69, 9.17) is 14.5 Å². The minimum absolute atomic E-state index is 0.0298. The summed E-state index contributed by atoms with van der Waals surface area (Å²) >= 11 is 1.55. The Morgan fingerprint density at radius 3 is 3.26 bits per heavy atom. The first-order chi connectivity index (χ1) is 11.3. The van der Waals surface area contributed by atoms with Crippen LogP contribution in [0.4, 0.5) is 0 Å². The molecule has 0 unspecified atom stereocenters. The molecule has 0 aromatic carbocycles. The van der Waals surface area contributed by atoms with Crippen molar-refractivity contribution in [2.75, 3.05) is 19.8 Å². The molecule has 23 heavy (non-hydrogen) atoms. The molecule has 3 rings (SSSR count). The molecule has 1 aliphatic rings. The number of amides is 1. The second kappa shape index (κ2) is 7.35. The van der Waals surface area contributed by atoms with Crippen LogP contribution in [0.1, 0.15) is 18.7 Å². The largest absolute Gasteiger partial charge is 0.376 e. The average Bonchev–Trinajstić information content (AvgIpc) is 3.26. The van der Waals surface area contributed by atoms with E-state index in [1.807, 2.05) is 17.5 Å². The Balaban J connectivity index is 1.49. The maximum absolute atomic E-state index is 12.2. The fourth-order valence-corrected chi connectivity index (χ4v) is 3.06. The summed E-state index contributed by atoms with van der Waals surface area (Å²) in [4.78, 5) is 19.1. The number of hydrogen-bond acceptors (Lipinski definition) is 7. The van der Waals surface area contributed by atoms with Crippen LogP contribution in [0.2, 0.25) is 0 Å². The summed E-state index contributed by atoms with van der Waals surface area (Å²) in [5.74, 6) is 1.08. The zero-order chi connectivity index (χ0) is 16.1. The Hall–Kier alpha value is -2.24. The maximum Gasteiger partial charge on any atom is 0.226 e. The molecule has 8 heteroatoms. The average molecular weight is 332 g/mol. The minimum Gasteiger partial charge on any atom is -0.376 e. The topological polar surface area (TPSA) is 92.2 Å². The quantitative estimate of drug-likeness (QED) is 0.830. The molecule has 0 radical (unpaired) electrons. The summed E-state index contributed by atoms with van der Waals surface area (Å²) in [5.41, 5.74) is 0. The summed E-state index contributed by atoms with van der Waals surface area (Å²) < 4.78 is 10.4. The van der Waals surface area contributed by atoms with Gasteiger partial charge in [-0.25, -0.2) is 0 Å². The molecule has 0 bridgehead atoms. The van der Waals surface area contributed by atoms with E-state index in [1.54, 1.807) is 16.2 Å². The smallest absolute Gasteiger partial charge is 0.226 e. The highest BCUT2D eigenvalue weighted by Gasteiger charge is 2.26. The van der Waals surface area contributed by atoms with Crippen molar-refractivity contribution < 1.29 is 14.1 Å². The van der Waals surface area contributed by atoms with E-state index in [-0.39, 0.29) is 12.5 Å². The number of thiophene rings is 1. The third-order valence-corrected chi connectivity index (χ3v) is 4.45. The van der Waals surface area contributed by atoms with Crippen LogP contribution >= 0.6 is 11.3 Å². The number of hydrogen-bond donors (Lipinski definition) is 0. The lowest BCUT2D eigenvalue weighted by Crippen LogP contribution is -2.47. The number of morpholine rings is 1. The number of ether oxygens (including phenoxy) is 1. The fourth-order valence-electron chi connectivity index (χ4n) is 2.41. The van der Waals surface area contributed by atoms with Gasteiger partial charge in [-0.2, -0.15) is 10.2 Å². The number of aromatic nitrogens is 2. The van der Waals surface area contributed by atoms with Gasteiger partial charge in [-0.05, 0) is 17.9 Å². The standard InChI is InChI=1S/C15H16N4O3S/c16-9-11-10-21-7-6-19(11)14(20)5-1-4-13-17-15(18-22-13)12-3-2-8-23-12/h2-3,8,11H,1,4-7,10H2/t11-/m0/s1. The molecule has 1 atom stereocenters. The van der Waals surface area contributed by atoms with E-state index in [1.165, 1.54) is 0 Å². The summed E-state index contributed by atoms with van der Waals surface area (Å²) in [6, 6.07) is 5.49. The van der Waals surface area contributed by atoms with Crippen molar-refractivity contribution in [2.24, 2.45) is 0 Å². The van der Waals surface area contributed by atoms with Crippen molar-refractivity contribution in [2.45, 2.75) is 25.3 Å². The van der Waals surface area contributed by atoms with Crippen LogP contribution in [0.15, 0.2) is 22.0 Å². The van der Waals surface area contributed by atoms with Gasteiger partial charge >= 0.3 is 0 Å². The molecular formula is C15H16N4O3S. The monoisotopic (exact) mass is 332 g/mol. The molecule has 2 aromatic rings. The van der Waals surface area contributed by atoms with Crippen molar-refractivity contribution in [3.05, 3.63) is 23.4 Å². The molecule has 0 N–H and O–H groups in total. The lowest BCUT2D eigenvalue weighted by atomic mass is 10.1. The normalized spacial score (nSPS) is 17.9. The molecule has 0 saturated carbocycles. The summed E-state index contributed by atoms with van der Waals surface area (Å²) in [6.07, 6.45) is 1.51. The highest BCUT2D eigenvalue weighted by Crippen LogP contribution is 2.21. The second-order valence-electron chi connectivity index (χ2n) is 5.15. The Labute approximate surface area is 137 Å². The van der Waals surface area contributed by atoms with Gasteiger partial charge in [0, 0.05) is 19.4 Å².